The minimum Gasteiger partial charge on any atom is -0.458 e. The lowest BCUT2D eigenvalue weighted by Gasteiger charge is -2.47. The Bertz CT molecular complexity index is 1070. The number of rotatable bonds is 7. The molecule has 1 aliphatic carbocycles. The minimum absolute atomic E-state index is 0.102. The van der Waals surface area contributed by atoms with Crippen LogP contribution in [0.5, 0.6) is 0 Å². The second-order valence-corrected chi connectivity index (χ2v) is 11.3. The van der Waals surface area contributed by atoms with Crippen LogP contribution in [-0.4, -0.2) is 35.8 Å². The number of halogens is 1. The summed E-state index contributed by atoms with van der Waals surface area (Å²) >= 11 is 7.56. The predicted molar refractivity (Wildman–Crippen MR) is 143 cm³/mol. The summed E-state index contributed by atoms with van der Waals surface area (Å²) in [4.78, 5) is 24.3. The van der Waals surface area contributed by atoms with E-state index in [0.717, 1.165) is 42.7 Å². The third kappa shape index (κ3) is 6.27. The molecule has 1 saturated carbocycles. The Hall–Kier alpha value is -2.02. The van der Waals surface area contributed by atoms with Crippen LogP contribution in [0.3, 0.4) is 0 Å². The van der Waals surface area contributed by atoms with Crippen molar-refractivity contribution < 1.29 is 23.8 Å². The molecule has 7 heteroatoms. The summed E-state index contributed by atoms with van der Waals surface area (Å²) in [5.74, 6) is -0.548. The second-order valence-electron chi connectivity index (χ2n) is 9.92. The van der Waals surface area contributed by atoms with Crippen molar-refractivity contribution in [1.82, 2.24) is 0 Å². The smallest absolute Gasteiger partial charge is 0.303 e. The van der Waals surface area contributed by atoms with Gasteiger partial charge in [0, 0.05) is 24.8 Å². The van der Waals surface area contributed by atoms with Crippen LogP contribution in [0.1, 0.15) is 67.9 Å². The number of carbonyl (C=O) groups is 2. The van der Waals surface area contributed by atoms with Gasteiger partial charge in [0.25, 0.3) is 0 Å². The van der Waals surface area contributed by atoms with Crippen molar-refractivity contribution in [2.45, 2.75) is 76.6 Å². The van der Waals surface area contributed by atoms with Crippen LogP contribution in [0.2, 0.25) is 5.02 Å². The van der Waals surface area contributed by atoms with E-state index in [2.05, 4.69) is 37.3 Å². The lowest BCUT2D eigenvalue weighted by molar-refractivity contribution is -0.217. The highest BCUT2D eigenvalue weighted by molar-refractivity contribution is 7.99. The molecule has 0 spiro atoms. The molecule has 1 heterocycles. The van der Waals surface area contributed by atoms with Gasteiger partial charge in [-0.25, -0.2) is 0 Å². The van der Waals surface area contributed by atoms with Crippen molar-refractivity contribution in [2.24, 2.45) is 11.8 Å². The van der Waals surface area contributed by atoms with Crippen molar-refractivity contribution in [2.75, 3.05) is 6.26 Å². The number of ether oxygens (including phenoxy) is 3. The number of hydrogen-bond acceptors (Lipinski definition) is 6. The van der Waals surface area contributed by atoms with E-state index in [-0.39, 0.29) is 18.0 Å². The highest BCUT2D eigenvalue weighted by Crippen LogP contribution is 2.49. The van der Waals surface area contributed by atoms with Crippen LogP contribution in [0.4, 0.5) is 0 Å². The molecule has 2 aromatic rings. The number of carbonyl (C=O) groups excluding carboxylic acids is 2. The largest absolute Gasteiger partial charge is 0.458 e. The van der Waals surface area contributed by atoms with Gasteiger partial charge in [0.15, 0.2) is 6.10 Å². The molecule has 5 atom stereocenters. The highest BCUT2D eigenvalue weighted by atomic mass is 35.5. The van der Waals surface area contributed by atoms with Gasteiger partial charge in [-0.15, -0.1) is 11.8 Å². The molecular weight excluding hydrogens is 496 g/mol. The number of hydrogen-bond donors (Lipinski definition) is 0. The normalized spacial score (nSPS) is 26.5. The van der Waals surface area contributed by atoms with E-state index in [1.165, 1.54) is 42.3 Å². The van der Waals surface area contributed by atoms with E-state index < -0.39 is 23.6 Å². The molecule has 2 fully saturated rings. The van der Waals surface area contributed by atoms with Gasteiger partial charge in [0.1, 0.15) is 11.5 Å². The zero-order valence-corrected chi connectivity index (χ0v) is 22.9. The molecule has 36 heavy (non-hydrogen) atoms. The molecule has 5 nitrogen and oxygen atoms in total. The van der Waals surface area contributed by atoms with Crippen LogP contribution < -0.4 is 0 Å². The summed E-state index contributed by atoms with van der Waals surface area (Å²) in [7, 11) is 0. The maximum Gasteiger partial charge on any atom is 0.303 e. The Kier molecular flexibility index (Phi) is 9.02. The third-order valence-electron chi connectivity index (χ3n) is 7.39. The maximum atomic E-state index is 12.2. The van der Waals surface area contributed by atoms with Crippen LogP contribution in [0, 0.1) is 18.8 Å². The van der Waals surface area contributed by atoms with Crippen molar-refractivity contribution in [1.29, 1.82) is 0 Å². The standard InChI is InChI=1S/C29H35ClO5S/c1-17-9-12-22(16-23(17)15-20-10-13-24(30)14-11-20)26-25(21-7-5-6-8-21)27(33-18(2)31)28(34-19(3)32)29(35-26)36-4/h9-14,16,21,25-29H,5-8,15H2,1-4H3/t25-,26-,27+,28?,29+/m0/s1. The lowest BCUT2D eigenvalue weighted by atomic mass is 9.75. The maximum absolute atomic E-state index is 12.2. The van der Waals surface area contributed by atoms with E-state index in [1.807, 2.05) is 18.4 Å². The molecule has 4 rings (SSSR count). The Labute approximate surface area is 223 Å². The Balaban J connectivity index is 1.74. The van der Waals surface area contributed by atoms with Crippen molar-refractivity contribution in [3.8, 4) is 0 Å². The fourth-order valence-corrected chi connectivity index (χ4v) is 6.58. The predicted octanol–water partition coefficient (Wildman–Crippen LogP) is 6.67. The molecule has 0 aromatic heterocycles. The quantitative estimate of drug-likeness (QED) is 0.372. The van der Waals surface area contributed by atoms with Gasteiger partial charge < -0.3 is 14.2 Å². The summed E-state index contributed by atoms with van der Waals surface area (Å²) in [6, 6.07) is 14.4. The fraction of sp³-hybridized carbons (Fsp3) is 0.517. The monoisotopic (exact) mass is 530 g/mol. The van der Waals surface area contributed by atoms with Gasteiger partial charge >= 0.3 is 11.9 Å². The van der Waals surface area contributed by atoms with Gasteiger partial charge in [0.05, 0.1) is 6.10 Å². The molecule has 0 N–H and O–H groups in total. The average Bonchev–Trinajstić information content (AvgIpc) is 3.36. The average molecular weight is 531 g/mol. The summed E-state index contributed by atoms with van der Waals surface area (Å²) in [5.41, 5.74) is 4.24. The first-order valence-corrected chi connectivity index (χ1v) is 14.3. The van der Waals surface area contributed by atoms with E-state index in [1.54, 1.807) is 0 Å². The van der Waals surface area contributed by atoms with E-state index in [4.69, 9.17) is 25.8 Å². The summed E-state index contributed by atoms with van der Waals surface area (Å²) in [5, 5.41) is 0.723. The van der Waals surface area contributed by atoms with Crippen molar-refractivity contribution in [3.05, 3.63) is 69.7 Å². The van der Waals surface area contributed by atoms with Crippen LogP contribution in [-0.2, 0) is 30.2 Å². The SMILES string of the molecule is CS[C@H]1O[C@@H](c2ccc(C)c(Cc3ccc(Cl)cc3)c2)[C@H](C2CCCC2)[C@@H](OC(C)=O)C1OC(C)=O. The summed E-state index contributed by atoms with van der Waals surface area (Å²) in [6.45, 7) is 4.93. The molecule has 0 amide bonds. The van der Waals surface area contributed by atoms with E-state index in [0.29, 0.717) is 5.92 Å². The van der Waals surface area contributed by atoms with Gasteiger partial charge in [-0.05, 0) is 72.7 Å². The zero-order valence-electron chi connectivity index (χ0n) is 21.4. The van der Waals surface area contributed by atoms with Gasteiger partial charge in [-0.1, -0.05) is 54.8 Å². The summed E-state index contributed by atoms with van der Waals surface area (Å²) in [6.07, 6.45) is 5.60. The van der Waals surface area contributed by atoms with Gasteiger partial charge in [0.2, 0.25) is 0 Å². The third-order valence-corrected chi connectivity index (χ3v) is 8.49. The summed E-state index contributed by atoms with van der Waals surface area (Å²) < 4.78 is 18.4. The van der Waals surface area contributed by atoms with Crippen LogP contribution >= 0.6 is 23.4 Å². The number of aryl methyl sites for hydroxylation is 1. The molecule has 1 unspecified atom stereocenters. The van der Waals surface area contributed by atoms with E-state index >= 15 is 0 Å². The molecule has 0 radical (unpaired) electrons. The topological polar surface area (TPSA) is 61.8 Å². The first-order valence-electron chi connectivity index (χ1n) is 12.6. The van der Waals surface area contributed by atoms with Crippen LogP contribution in [0.25, 0.3) is 0 Å². The number of esters is 2. The molecule has 0 bridgehead atoms. The highest BCUT2D eigenvalue weighted by Gasteiger charge is 2.52. The molecule has 194 valence electrons. The molecule has 1 saturated heterocycles. The van der Waals surface area contributed by atoms with Crippen molar-refractivity contribution in [3.63, 3.8) is 0 Å². The first kappa shape index (κ1) is 27.0. The minimum atomic E-state index is -0.651. The number of benzene rings is 2. The Morgan fingerprint density at radius 1 is 1.00 bits per heavy atom. The second kappa shape index (κ2) is 12.0. The molecular formula is C29H35ClO5S. The zero-order chi connectivity index (χ0) is 25.8. The van der Waals surface area contributed by atoms with Gasteiger partial charge in [-0.2, -0.15) is 0 Å². The first-order chi connectivity index (χ1) is 17.3. The number of thioether (sulfide) groups is 1. The lowest BCUT2D eigenvalue weighted by Crippen LogP contribution is -2.55. The van der Waals surface area contributed by atoms with Crippen molar-refractivity contribution >= 4 is 35.3 Å². The Morgan fingerprint density at radius 2 is 1.64 bits per heavy atom. The van der Waals surface area contributed by atoms with Crippen LogP contribution in [0.15, 0.2) is 42.5 Å². The molecule has 1 aliphatic heterocycles. The van der Waals surface area contributed by atoms with E-state index in [9.17, 15) is 9.59 Å². The molecule has 2 aromatic carbocycles. The Morgan fingerprint density at radius 3 is 2.25 bits per heavy atom. The van der Waals surface area contributed by atoms with Gasteiger partial charge in [-0.3, -0.25) is 9.59 Å². The fourth-order valence-electron chi connectivity index (χ4n) is 5.74. The molecule has 2 aliphatic rings.